The zero-order chi connectivity index (χ0) is 12.4. The van der Waals surface area contributed by atoms with Crippen molar-refractivity contribution in [2.75, 3.05) is 5.73 Å². The van der Waals surface area contributed by atoms with Crippen LogP contribution < -0.4 is 16.0 Å². The number of anilines is 1. The van der Waals surface area contributed by atoms with Crippen molar-refractivity contribution in [3.05, 3.63) is 44.9 Å². The molecule has 0 spiro atoms. The van der Waals surface area contributed by atoms with Gasteiger partial charge in [0, 0.05) is 11.1 Å². The molecule has 3 N–H and O–H groups in total. The molecule has 0 bridgehead atoms. The Morgan fingerprint density at radius 1 is 1.35 bits per heavy atom. The monoisotopic (exact) mass is 271 g/mol. The molecule has 0 aliphatic carbocycles. The summed E-state index contributed by atoms with van der Waals surface area (Å²) in [5, 5.41) is 0.307. The van der Waals surface area contributed by atoms with Gasteiger partial charge in [-0.15, -0.1) is 0 Å². The lowest BCUT2D eigenvalue weighted by atomic mass is 10.3. The fourth-order valence-corrected chi connectivity index (χ4v) is 1.44. The van der Waals surface area contributed by atoms with Crippen molar-refractivity contribution in [1.29, 1.82) is 0 Å². The molecule has 0 radical (unpaired) electrons. The van der Waals surface area contributed by atoms with E-state index < -0.39 is 5.56 Å². The molecule has 17 heavy (non-hydrogen) atoms. The van der Waals surface area contributed by atoms with Crippen LogP contribution in [-0.4, -0.2) is 9.97 Å². The third-order valence-corrected chi connectivity index (χ3v) is 2.52. The minimum Gasteiger partial charge on any atom is -0.435 e. The molecule has 1 aromatic carbocycles. The molecule has 0 fully saturated rings. The maximum Gasteiger partial charge on any atom is 0.273 e. The number of aromatic nitrogens is 2. The van der Waals surface area contributed by atoms with Crippen LogP contribution in [-0.2, 0) is 0 Å². The van der Waals surface area contributed by atoms with Gasteiger partial charge in [-0.25, -0.2) is 4.98 Å². The maximum absolute atomic E-state index is 11.2. The summed E-state index contributed by atoms with van der Waals surface area (Å²) in [6.45, 7) is 0. The molecule has 5 nitrogen and oxygen atoms in total. The van der Waals surface area contributed by atoms with Gasteiger partial charge in [0.2, 0.25) is 5.88 Å². The van der Waals surface area contributed by atoms with Crippen molar-refractivity contribution in [3.63, 3.8) is 0 Å². The second-order valence-electron chi connectivity index (χ2n) is 3.14. The Balaban J connectivity index is 2.41. The van der Waals surface area contributed by atoms with Crippen LogP contribution in [0, 0.1) is 0 Å². The van der Waals surface area contributed by atoms with E-state index in [0.29, 0.717) is 10.7 Å². The topological polar surface area (TPSA) is 81.0 Å². The minimum absolute atomic E-state index is 0.0237. The maximum atomic E-state index is 11.2. The summed E-state index contributed by atoms with van der Waals surface area (Å²) in [4.78, 5) is 17.3. The van der Waals surface area contributed by atoms with Gasteiger partial charge in [-0.3, -0.25) is 4.79 Å². The quantitative estimate of drug-likeness (QED) is 0.823. The first-order valence-corrected chi connectivity index (χ1v) is 5.29. The van der Waals surface area contributed by atoms with Crippen LogP contribution in [0.25, 0.3) is 0 Å². The lowest BCUT2D eigenvalue weighted by Crippen LogP contribution is -2.08. The Kier molecular flexibility index (Phi) is 3.21. The van der Waals surface area contributed by atoms with Gasteiger partial charge in [0.05, 0.1) is 12.0 Å². The number of ether oxygens (including phenoxy) is 1. The first-order chi connectivity index (χ1) is 8.08. The largest absolute Gasteiger partial charge is 0.435 e. The summed E-state index contributed by atoms with van der Waals surface area (Å²) in [6, 6.07) is 4.71. The molecule has 88 valence electrons. The van der Waals surface area contributed by atoms with E-state index in [1.165, 1.54) is 12.4 Å². The van der Waals surface area contributed by atoms with Crippen molar-refractivity contribution in [1.82, 2.24) is 9.97 Å². The van der Waals surface area contributed by atoms with Crippen molar-refractivity contribution in [2.24, 2.45) is 0 Å². The van der Waals surface area contributed by atoms with Crippen LogP contribution in [0.5, 0.6) is 11.6 Å². The molecule has 1 heterocycles. The van der Waals surface area contributed by atoms with Crippen LogP contribution in [0.1, 0.15) is 0 Å². The predicted molar refractivity (Wildman–Crippen MR) is 65.8 cm³/mol. The molecule has 1 aromatic heterocycles. The molecule has 0 aliphatic rings. The zero-order valence-electron chi connectivity index (χ0n) is 8.41. The highest BCUT2D eigenvalue weighted by molar-refractivity contribution is 6.31. The molecule has 0 atom stereocenters. The predicted octanol–water partition coefficient (Wildman–Crippen LogP) is 2.45. The average Bonchev–Trinajstić information content (AvgIpc) is 2.30. The van der Waals surface area contributed by atoms with Gasteiger partial charge < -0.3 is 15.5 Å². The van der Waals surface area contributed by atoms with Gasteiger partial charge in [-0.1, -0.05) is 23.2 Å². The number of halogens is 2. The second-order valence-corrected chi connectivity index (χ2v) is 3.95. The van der Waals surface area contributed by atoms with Crippen LogP contribution in [0.2, 0.25) is 10.0 Å². The van der Waals surface area contributed by atoms with E-state index in [1.54, 1.807) is 12.1 Å². The molecule has 0 saturated carbocycles. The first kappa shape index (κ1) is 11.8. The van der Waals surface area contributed by atoms with E-state index in [1.807, 2.05) is 0 Å². The number of hydrogen-bond donors (Lipinski definition) is 2. The highest BCUT2D eigenvalue weighted by Crippen LogP contribution is 2.30. The van der Waals surface area contributed by atoms with Crippen LogP contribution in [0.3, 0.4) is 0 Å². The standard InChI is InChI=1S/C10H7Cl2N3O2/c11-5-1-2-6(13)7(3-5)17-10-8(12)9(16)14-4-15-10/h1-4H,13H2,(H,14,15,16). The van der Waals surface area contributed by atoms with Gasteiger partial charge in [0.25, 0.3) is 5.56 Å². The van der Waals surface area contributed by atoms with E-state index in [2.05, 4.69) is 9.97 Å². The van der Waals surface area contributed by atoms with E-state index in [9.17, 15) is 4.79 Å². The summed E-state index contributed by atoms with van der Waals surface area (Å²) in [6.07, 6.45) is 1.18. The summed E-state index contributed by atoms with van der Waals surface area (Å²) in [5.41, 5.74) is 5.56. The molecule has 0 amide bonds. The SMILES string of the molecule is Nc1ccc(Cl)cc1Oc1nc[nH]c(=O)c1Cl. The van der Waals surface area contributed by atoms with E-state index in [0.717, 1.165) is 0 Å². The Hall–Kier alpha value is -1.72. The Morgan fingerprint density at radius 2 is 2.12 bits per heavy atom. The summed E-state index contributed by atoms with van der Waals surface area (Å²) in [5.74, 6) is 0.266. The van der Waals surface area contributed by atoms with E-state index in [4.69, 9.17) is 33.7 Å². The van der Waals surface area contributed by atoms with Crippen LogP contribution >= 0.6 is 23.2 Å². The molecule has 2 rings (SSSR count). The van der Waals surface area contributed by atoms with Gasteiger partial charge >= 0.3 is 0 Å². The smallest absolute Gasteiger partial charge is 0.273 e. The molecular weight excluding hydrogens is 265 g/mol. The number of nitrogens with two attached hydrogens (primary N) is 1. The summed E-state index contributed by atoms with van der Waals surface area (Å²) >= 11 is 11.5. The van der Waals surface area contributed by atoms with Crippen molar-refractivity contribution >= 4 is 28.9 Å². The second kappa shape index (κ2) is 4.65. The molecule has 2 aromatic rings. The number of rotatable bonds is 2. The van der Waals surface area contributed by atoms with Crippen LogP contribution in [0.4, 0.5) is 5.69 Å². The number of H-pyrrole nitrogens is 1. The fraction of sp³-hybridized carbons (Fsp3) is 0. The Bertz CT molecular complexity index is 613. The van der Waals surface area contributed by atoms with E-state index in [-0.39, 0.29) is 16.7 Å². The minimum atomic E-state index is -0.489. The fourth-order valence-electron chi connectivity index (χ4n) is 1.14. The number of nitrogens with one attached hydrogen (secondary N) is 1. The number of nitrogens with zero attached hydrogens (tertiary/aromatic N) is 1. The van der Waals surface area contributed by atoms with Gasteiger partial charge in [0.15, 0.2) is 10.8 Å². The van der Waals surface area contributed by atoms with Crippen molar-refractivity contribution in [3.8, 4) is 11.6 Å². The normalized spacial score (nSPS) is 10.2. The van der Waals surface area contributed by atoms with Crippen LogP contribution in [0.15, 0.2) is 29.3 Å². The first-order valence-electron chi connectivity index (χ1n) is 4.54. The lowest BCUT2D eigenvalue weighted by Gasteiger charge is -2.08. The Labute approximate surface area is 106 Å². The van der Waals surface area contributed by atoms with Gasteiger partial charge in [-0.2, -0.15) is 0 Å². The van der Waals surface area contributed by atoms with E-state index >= 15 is 0 Å². The molecule has 0 aliphatic heterocycles. The number of aromatic amines is 1. The zero-order valence-corrected chi connectivity index (χ0v) is 9.92. The Morgan fingerprint density at radius 3 is 2.88 bits per heavy atom. The third-order valence-electron chi connectivity index (χ3n) is 1.95. The summed E-state index contributed by atoms with van der Waals surface area (Å²) < 4.78 is 5.33. The number of benzene rings is 1. The molecule has 7 heteroatoms. The van der Waals surface area contributed by atoms with Crippen molar-refractivity contribution < 1.29 is 4.74 Å². The molecular formula is C10H7Cl2N3O2. The average molecular weight is 272 g/mol. The van der Waals surface area contributed by atoms with Gasteiger partial charge in [-0.05, 0) is 12.1 Å². The summed E-state index contributed by atoms with van der Waals surface area (Å²) in [7, 11) is 0. The number of nitrogen functional groups attached to an aromatic ring is 1. The highest BCUT2D eigenvalue weighted by Gasteiger charge is 2.10. The number of hydrogen-bond acceptors (Lipinski definition) is 4. The molecule has 0 unspecified atom stereocenters. The van der Waals surface area contributed by atoms with Crippen molar-refractivity contribution in [2.45, 2.75) is 0 Å². The highest BCUT2D eigenvalue weighted by atomic mass is 35.5. The lowest BCUT2D eigenvalue weighted by molar-refractivity contribution is 0.463. The third kappa shape index (κ3) is 2.51. The van der Waals surface area contributed by atoms with Gasteiger partial charge in [0.1, 0.15) is 0 Å². The molecule has 0 saturated heterocycles.